The third-order valence-corrected chi connectivity index (χ3v) is 12.1. The van der Waals surface area contributed by atoms with Gasteiger partial charge in [0.2, 0.25) is 0 Å². The third-order valence-electron chi connectivity index (χ3n) is 12.1. The van der Waals surface area contributed by atoms with Gasteiger partial charge < -0.3 is 10.2 Å². The zero-order chi connectivity index (χ0) is 24.2. The smallest absolute Gasteiger partial charge is 0.141 e. The molecule has 3 nitrogen and oxygen atoms in total. The van der Waals surface area contributed by atoms with Crippen LogP contribution in [-0.2, 0) is 15.6 Å². The Morgan fingerprint density at radius 3 is 1.31 bits per heavy atom. The number of rotatable bonds is 4. The monoisotopic (exact) mass is 482 g/mol. The molecule has 8 saturated carbocycles. The van der Waals surface area contributed by atoms with Crippen molar-refractivity contribution in [2.24, 2.45) is 47.3 Å². The summed E-state index contributed by atoms with van der Waals surface area (Å²) in [6.07, 6.45) is 11.6. The fourth-order valence-electron chi connectivity index (χ4n) is 11.8. The van der Waals surface area contributed by atoms with Crippen LogP contribution in [0.25, 0.3) is 0 Å². The Kier molecular flexibility index (Phi) is 4.47. The number of para-hydroxylation sites is 2. The maximum Gasteiger partial charge on any atom is 0.141 e. The van der Waals surface area contributed by atoms with Gasteiger partial charge in [0, 0.05) is 33.8 Å². The van der Waals surface area contributed by atoms with Crippen LogP contribution >= 0.6 is 0 Å². The van der Waals surface area contributed by atoms with E-state index < -0.39 is 0 Å². The van der Waals surface area contributed by atoms with E-state index in [-0.39, 0.29) is 22.7 Å². The molecule has 6 unspecified atom stereocenters. The molecule has 8 fully saturated rings. The Morgan fingerprint density at radius 2 is 0.944 bits per heavy atom. The van der Waals surface area contributed by atoms with E-state index in [2.05, 4.69) is 24.3 Å². The molecule has 8 aliphatic carbocycles. The van der Waals surface area contributed by atoms with Crippen molar-refractivity contribution in [3.8, 4) is 11.5 Å². The minimum absolute atomic E-state index is 0.00357. The topological polar surface area (TPSA) is 57.5 Å². The molecule has 0 saturated heterocycles. The lowest BCUT2D eigenvalue weighted by atomic mass is 9.38. The number of benzene rings is 2. The highest BCUT2D eigenvalue weighted by atomic mass is 16.3. The number of Topliss-reactive ketones (excluding diaryl/α,β-unsaturated/α-hetero) is 1. The Balaban J connectivity index is 1.28. The summed E-state index contributed by atoms with van der Waals surface area (Å²) in [5.74, 6) is 4.93. The number of ketones is 1. The zero-order valence-electron chi connectivity index (χ0n) is 21.1. The summed E-state index contributed by atoms with van der Waals surface area (Å²) >= 11 is 0. The highest BCUT2D eigenvalue weighted by Crippen LogP contribution is 2.69. The lowest BCUT2D eigenvalue weighted by molar-refractivity contribution is -0.159. The predicted octanol–water partition coefficient (Wildman–Crippen LogP) is 6.75. The van der Waals surface area contributed by atoms with Gasteiger partial charge in [-0.25, -0.2) is 0 Å². The number of carbonyl (C=O) groups is 1. The van der Waals surface area contributed by atoms with Gasteiger partial charge in [-0.3, -0.25) is 4.79 Å². The second kappa shape index (κ2) is 7.39. The summed E-state index contributed by atoms with van der Waals surface area (Å²) in [5, 5.41) is 22.2. The van der Waals surface area contributed by atoms with Crippen molar-refractivity contribution in [2.45, 2.75) is 75.0 Å². The van der Waals surface area contributed by atoms with Gasteiger partial charge in [0.25, 0.3) is 0 Å². The van der Waals surface area contributed by atoms with Crippen LogP contribution < -0.4 is 0 Å². The van der Waals surface area contributed by atoms with Crippen molar-refractivity contribution in [1.82, 2.24) is 0 Å². The van der Waals surface area contributed by atoms with Gasteiger partial charge in [0.1, 0.15) is 17.3 Å². The number of hydrogen-bond donors (Lipinski definition) is 2. The summed E-state index contributed by atoms with van der Waals surface area (Å²) in [6.45, 7) is 0. The molecule has 8 aliphatic rings. The summed E-state index contributed by atoms with van der Waals surface area (Å²) < 4.78 is 0. The molecule has 8 bridgehead atoms. The molecule has 0 spiro atoms. The molecule has 0 radical (unpaired) electrons. The molecule has 6 atom stereocenters. The Morgan fingerprint density at radius 1 is 0.583 bits per heavy atom. The summed E-state index contributed by atoms with van der Waals surface area (Å²) in [5.41, 5.74) is 1.66. The number of aromatic hydroxyl groups is 2. The molecule has 2 N–H and O–H groups in total. The van der Waals surface area contributed by atoms with Gasteiger partial charge in [-0.1, -0.05) is 36.4 Å². The molecule has 0 aromatic heterocycles. The van der Waals surface area contributed by atoms with E-state index in [4.69, 9.17) is 0 Å². The van der Waals surface area contributed by atoms with Crippen molar-refractivity contribution in [3.63, 3.8) is 0 Å². The fraction of sp³-hybridized carbons (Fsp3) is 0.606. The molecule has 0 aliphatic heterocycles. The molecule has 0 amide bonds. The van der Waals surface area contributed by atoms with Gasteiger partial charge >= 0.3 is 0 Å². The predicted molar refractivity (Wildman–Crippen MR) is 139 cm³/mol. The van der Waals surface area contributed by atoms with Crippen LogP contribution in [0, 0.1) is 47.3 Å². The maximum atomic E-state index is 15.2. The first kappa shape index (κ1) is 21.8. The molecule has 0 heterocycles. The minimum atomic E-state index is -0.217. The van der Waals surface area contributed by atoms with Crippen LogP contribution in [0.3, 0.4) is 0 Å². The lowest BCUT2D eigenvalue weighted by Crippen LogP contribution is -2.64. The van der Waals surface area contributed by atoms with Crippen LogP contribution in [-0.4, -0.2) is 16.0 Å². The number of hydrogen-bond acceptors (Lipinski definition) is 3. The number of phenols is 2. The molecule has 2 aromatic rings. The van der Waals surface area contributed by atoms with Crippen molar-refractivity contribution >= 4 is 5.78 Å². The molecule has 3 heteroatoms. The molecular weight excluding hydrogens is 444 g/mol. The Labute approximate surface area is 214 Å². The van der Waals surface area contributed by atoms with Crippen molar-refractivity contribution < 1.29 is 15.0 Å². The number of carbonyl (C=O) groups excluding carboxylic acids is 1. The highest BCUT2D eigenvalue weighted by Gasteiger charge is 2.66. The zero-order valence-corrected chi connectivity index (χ0v) is 21.1. The SMILES string of the molecule is O=C(C1C2CC3CC(C2)CC1(c1ccccc1O)C3)C1C2CC3CC(C2)CC1(c1ccccc1O)C3. The highest BCUT2D eigenvalue weighted by molar-refractivity contribution is 5.88. The average molecular weight is 483 g/mol. The van der Waals surface area contributed by atoms with Gasteiger partial charge in [-0.15, -0.1) is 0 Å². The molecular formula is C33H38O3. The van der Waals surface area contributed by atoms with Crippen LogP contribution in [0.15, 0.2) is 48.5 Å². The summed E-state index contributed by atoms with van der Waals surface area (Å²) in [4.78, 5) is 15.2. The van der Waals surface area contributed by atoms with E-state index in [0.29, 0.717) is 52.8 Å². The van der Waals surface area contributed by atoms with Crippen molar-refractivity contribution in [2.75, 3.05) is 0 Å². The Bertz CT molecular complexity index is 1110. The van der Waals surface area contributed by atoms with Crippen molar-refractivity contribution in [1.29, 1.82) is 0 Å². The number of phenolic OH excluding ortho intramolecular Hbond substituents is 2. The van der Waals surface area contributed by atoms with Gasteiger partial charge in [-0.05, 0) is 112 Å². The van der Waals surface area contributed by atoms with Crippen molar-refractivity contribution in [3.05, 3.63) is 59.7 Å². The molecule has 36 heavy (non-hydrogen) atoms. The largest absolute Gasteiger partial charge is 0.508 e. The van der Waals surface area contributed by atoms with Gasteiger partial charge in [0.15, 0.2) is 0 Å². The van der Waals surface area contributed by atoms with E-state index in [1.54, 1.807) is 0 Å². The fourth-order valence-corrected chi connectivity index (χ4v) is 11.8. The van der Waals surface area contributed by atoms with Gasteiger partial charge in [-0.2, -0.15) is 0 Å². The average Bonchev–Trinajstić information content (AvgIpc) is 2.83. The lowest BCUT2D eigenvalue weighted by Gasteiger charge is -2.65. The minimum Gasteiger partial charge on any atom is -0.508 e. The Hall–Kier alpha value is -2.29. The second-order valence-corrected chi connectivity index (χ2v) is 13.9. The van der Waals surface area contributed by atoms with Crippen LogP contribution in [0.5, 0.6) is 11.5 Å². The first-order valence-electron chi connectivity index (χ1n) is 14.6. The maximum absolute atomic E-state index is 15.2. The summed E-state index contributed by atoms with van der Waals surface area (Å²) in [6, 6.07) is 15.9. The second-order valence-electron chi connectivity index (χ2n) is 13.9. The third kappa shape index (κ3) is 2.78. The van der Waals surface area contributed by atoms with E-state index in [9.17, 15) is 10.2 Å². The van der Waals surface area contributed by atoms with Crippen LogP contribution in [0.1, 0.15) is 75.3 Å². The van der Waals surface area contributed by atoms with Gasteiger partial charge in [0.05, 0.1) is 0 Å². The van der Waals surface area contributed by atoms with Crippen LogP contribution in [0.2, 0.25) is 0 Å². The first-order valence-corrected chi connectivity index (χ1v) is 14.6. The standard InChI is InChI=1S/C33H38O3/c34-27-7-3-1-5-25(27)32-15-19-9-20(16-32)12-23(11-19)29(32)31(36)30-24-13-21-10-22(14-24)18-33(30,17-21)26-6-2-4-8-28(26)35/h1-8,19-24,29-30,34-35H,9-18H2. The molecule has 10 rings (SSSR count). The molecule has 2 aromatic carbocycles. The van der Waals surface area contributed by atoms with E-state index in [0.717, 1.165) is 36.8 Å². The van der Waals surface area contributed by atoms with E-state index in [1.807, 2.05) is 24.3 Å². The van der Waals surface area contributed by atoms with Crippen LogP contribution in [0.4, 0.5) is 0 Å². The first-order chi connectivity index (χ1) is 17.5. The quantitative estimate of drug-likeness (QED) is 0.506. The van der Waals surface area contributed by atoms with E-state index in [1.165, 1.54) is 38.5 Å². The summed E-state index contributed by atoms with van der Waals surface area (Å²) in [7, 11) is 0. The van der Waals surface area contributed by atoms with E-state index >= 15 is 4.79 Å². The molecule has 188 valence electrons. The normalized spacial score (nSPS) is 45.8.